The number of carbonyl (C=O) groups excluding carboxylic acids is 1. The van der Waals surface area contributed by atoms with Gasteiger partial charge in [0.05, 0.1) is 4.88 Å². The van der Waals surface area contributed by atoms with Crippen molar-refractivity contribution in [1.29, 1.82) is 0 Å². The van der Waals surface area contributed by atoms with Gasteiger partial charge in [0.1, 0.15) is 12.4 Å². The first kappa shape index (κ1) is 16.6. The maximum atomic E-state index is 12.6. The Bertz CT molecular complexity index is 716. The van der Waals surface area contributed by atoms with Gasteiger partial charge >= 0.3 is 0 Å². The van der Waals surface area contributed by atoms with Gasteiger partial charge in [0, 0.05) is 23.7 Å². The van der Waals surface area contributed by atoms with Crippen molar-refractivity contribution in [3.8, 4) is 5.75 Å². The number of benzene rings is 1. The summed E-state index contributed by atoms with van der Waals surface area (Å²) >= 11 is 1.50. The molecule has 2 unspecified atom stereocenters. The van der Waals surface area contributed by atoms with E-state index in [1.54, 1.807) is 0 Å². The van der Waals surface area contributed by atoms with Crippen molar-refractivity contribution in [3.63, 3.8) is 0 Å². The zero-order valence-corrected chi connectivity index (χ0v) is 15.3. The first-order chi connectivity index (χ1) is 12.2. The molecule has 2 aliphatic heterocycles. The van der Waals surface area contributed by atoms with Crippen LogP contribution in [0.5, 0.6) is 5.75 Å². The molecule has 0 radical (unpaired) electrons. The lowest BCUT2D eigenvalue weighted by Gasteiger charge is -2.36. The zero-order chi connectivity index (χ0) is 17.2. The predicted molar refractivity (Wildman–Crippen MR) is 100 cm³/mol. The summed E-state index contributed by atoms with van der Waals surface area (Å²) < 4.78 is 5.75. The van der Waals surface area contributed by atoms with Gasteiger partial charge in [-0.1, -0.05) is 18.2 Å². The van der Waals surface area contributed by atoms with Gasteiger partial charge in [0.2, 0.25) is 0 Å². The van der Waals surface area contributed by atoms with Gasteiger partial charge in [-0.2, -0.15) is 0 Å². The Balaban J connectivity index is 1.32. The number of ether oxygens (including phenoxy) is 1. The van der Waals surface area contributed by atoms with Crippen molar-refractivity contribution >= 4 is 17.2 Å². The third kappa shape index (κ3) is 3.72. The van der Waals surface area contributed by atoms with E-state index in [0.717, 1.165) is 29.0 Å². The minimum Gasteiger partial charge on any atom is -0.489 e. The molecule has 1 N–H and O–H groups in total. The number of nitrogens with zero attached hydrogens (tertiary/aromatic N) is 1. The summed E-state index contributed by atoms with van der Waals surface area (Å²) in [7, 11) is 2.22. The lowest BCUT2D eigenvalue weighted by molar-refractivity contribution is 0.0886. The fourth-order valence-corrected chi connectivity index (χ4v) is 4.84. The van der Waals surface area contributed by atoms with E-state index < -0.39 is 0 Å². The van der Waals surface area contributed by atoms with Gasteiger partial charge in [0.25, 0.3) is 5.91 Å². The summed E-state index contributed by atoms with van der Waals surface area (Å²) in [5, 5.41) is 5.26. The number of amides is 1. The number of para-hydroxylation sites is 1. The Hall–Kier alpha value is -1.85. The van der Waals surface area contributed by atoms with Crippen molar-refractivity contribution in [2.75, 3.05) is 7.05 Å². The molecule has 1 aromatic heterocycles. The van der Waals surface area contributed by atoms with Gasteiger partial charge in [-0.3, -0.25) is 4.79 Å². The number of hydrogen-bond acceptors (Lipinski definition) is 4. The molecular weight excluding hydrogens is 332 g/mol. The first-order valence-corrected chi connectivity index (χ1v) is 9.85. The average molecular weight is 356 g/mol. The standard InChI is InChI=1S/C20H24N2O2S/c1-22-16-7-8-17(22)11-15(10-16)21-20(23)19-9-14(13-25-19)12-24-18-5-3-2-4-6-18/h2-6,9,13,15-17H,7-8,10-12H2,1H3,(H,21,23). The molecule has 2 fully saturated rings. The maximum absolute atomic E-state index is 12.6. The Morgan fingerprint density at radius 3 is 2.68 bits per heavy atom. The van der Waals surface area contributed by atoms with Crippen LogP contribution in [0.4, 0.5) is 0 Å². The smallest absolute Gasteiger partial charge is 0.261 e. The molecule has 1 aromatic carbocycles. The fraction of sp³-hybridized carbons (Fsp3) is 0.450. The second kappa shape index (κ2) is 7.18. The average Bonchev–Trinajstić information content (AvgIpc) is 3.16. The van der Waals surface area contributed by atoms with E-state index in [1.807, 2.05) is 41.8 Å². The van der Waals surface area contributed by atoms with E-state index in [0.29, 0.717) is 24.7 Å². The predicted octanol–water partition coefficient (Wildman–Crippen LogP) is 3.68. The van der Waals surface area contributed by atoms with Gasteiger partial charge in [-0.15, -0.1) is 11.3 Å². The summed E-state index contributed by atoms with van der Waals surface area (Å²) in [5.41, 5.74) is 1.04. The highest BCUT2D eigenvalue weighted by molar-refractivity contribution is 7.12. The van der Waals surface area contributed by atoms with Crippen LogP contribution in [0.15, 0.2) is 41.8 Å². The molecule has 3 heterocycles. The number of piperidine rings is 1. The quantitative estimate of drug-likeness (QED) is 0.888. The number of rotatable bonds is 5. The molecule has 2 atom stereocenters. The van der Waals surface area contributed by atoms with Crippen LogP contribution < -0.4 is 10.1 Å². The van der Waals surface area contributed by atoms with E-state index in [9.17, 15) is 4.79 Å². The van der Waals surface area contributed by atoms with Gasteiger partial charge in [-0.05, 0) is 56.3 Å². The van der Waals surface area contributed by atoms with E-state index in [1.165, 1.54) is 24.2 Å². The molecule has 4 nitrogen and oxygen atoms in total. The summed E-state index contributed by atoms with van der Waals surface area (Å²) in [4.78, 5) is 15.8. The molecule has 2 bridgehead atoms. The molecule has 0 saturated carbocycles. The molecule has 132 valence electrons. The molecule has 1 amide bonds. The van der Waals surface area contributed by atoms with Gasteiger partial charge < -0.3 is 15.0 Å². The normalized spacial score (nSPS) is 25.7. The lowest BCUT2D eigenvalue weighted by Crippen LogP contribution is -2.48. The SMILES string of the molecule is CN1C2CCC1CC(NC(=O)c1cc(COc3ccccc3)cs1)C2. The minimum absolute atomic E-state index is 0.0601. The fourth-order valence-electron chi connectivity index (χ4n) is 4.04. The van der Waals surface area contributed by atoms with E-state index >= 15 is 0 Å². The number of nitrogens with one attached hydrogen (secondary N) is 1. The van der Waals surface area contributed by atoms with Crippen molar-refractivity contribution in [1.82, 2.24) is 10.2 Å². The molecule has 2 saturated heterocycles. The Kier molecular flexibility index (Phi) is 4.77. The van der Waals surface area contributed by atoms with Crippen LogP contribution in [0.2, 0.25) is 0 Å². The Morgan fingerprint density at radius 2 is 1.96 bits per heavy atom. The van der Waals surface area contributed by atoms with Crippen molar-refractivity contribution in [2.45, 2.75) is 50.4 Å². The van der Waals surface area contributed by atoms with Gasteiger partial charge in [0.15, 0.2) is 0 Å². The van der Waals surface area contributed by atoms with Crippen LogP contribution in [0.1, 0.15) is 40.9 Å². The number of thiophene rings is 1. The minimum atomic E-state index is 0.0601. The Morgan fingerprint density at radius 1 is 1.24 bits per heavy atom. The Labute approximate surface area is 152 Å². The van der Waals surface area contributed by atoms with Crippen molar-refractivity contribution in [3.05, 3.63) is 52.2 Å². The molecule has 5 heteroatoms. The second-order valence-electron chi connectivity index (χ2n) is 7.11. The highest BCUT2D eigenvalue weighted by Crippen LogP contribution is 2.34. The molecule has 0 aliphatic carbocycles. The lowest BCUT2D eigenvalue weighted by atomic mass is 9.98. The molecule has 2 aliphatic rings. The monoisotopic (exact) mass is 356 g/mol. The van der Waals surface area contributed by atoms with Crippen molar-refractivity contribution in [2.24, 2.45) is 0 Å². The maximum Gasteiger partial charge on any atom is 0.261 e. The third-order valence-electron chi connectivity index (χ3n) is 5.46. The van der Waals surface area contributed by atoms with Gasteiger partial charge in [-0.25, -0.2) is 0 Å². The molecule has 25 heavy (non-hydrogen) atoms. The topological polar surface area (TPSA) is 41.6 Å². The van der Waals surface area contributed by atoms with E-state index in [2.05, 4.69) is 17.3 Å². The van der Waals surface area contributed by atoms with Crippen LogP contribution in [0.3, 0.4) is 0 Å². The van der Waals surface area contributed by atoms with E-state index in [-0.39, 0.29) is 5.91 Å². The highest BCUT2D eigenvalue weighted by Gasteiger charge is 2.38. The molecule has 2 aromatic rings. The molecular formula is C20H24N2O2S. The zero-order valence-electron chi connectivity index (χ0n) is 14.5. The summed E-state index contributed by atoms with van der Waals surface area (Å²) in [5.74, 6) is 0.909. The number of carbonyl (C=O) groups is 1. The summed E-state index contributed by atoms with van der Waals surface area (Å²) in [6.07, 6.45) is 4.70. The number of fused-ring (bicyclic) bond motifs is 2. The number of hydrogen-bond donors (Lipinski definition) is 1. The molecule has 4 rings (SSSR count). The largest absolute Gasteiger partial charge is 0.489 e. The highest BCUT2D eigenvalue weighted by atomic mass is 32.1. The van der Waals surface area contributed by atoms with E-state index in [4.69, 9.17) is 4.74 Å². The van der Waals surface area contributed by atoms with Crippen LogP contribution in [-0.4, -0.2) is 36.0 Å². The third-order valence-corrected chi connectivity index (χ3v) is 6.44. The van der Waals surface area contributed by atoms with Crippen LogP contribution in [0.25, 0.3) is 0 Å². The van der Waals surface area contributed by atoms with Crippen molar-refractivity contribution < 1.29 is 9.53 Å². The second-order valence-corrected chi connectivity index (χ2v) is 8.02. The molecule has 0 spiro atoms. The first-order valence-electron chi connectivity index (χ1n) is 8.97. The summed E-state index contributed by atoms with van der Waals surface area (Å²) in [6.45, 7) is 0.492. The van der Waals surface area contributed by atoms with Crippen LogP contribution in [-0.2, 0) is 6.61 Å². The summed E-state index contributed by atoms with van der Waals surface area (Å²) in [6, 6.07) is 13.3. The van der Waals surface area contributed by atoms with Crippen LogP contribution in [0, 0.1) is 0 Å². The van der Waals surface area contributed by atoms with Crippen LogP contribution >= 0.6 is 11.3 Å².